The van der Waals surface area contributed by atoms with Crippen LogP contribution in [0, 0.1) is 11.8 Å². The molecule has 1 aliphatic heterocycles. The number of ketones is 1. The predicted octanol–water partition coefficient (Wildman–Crippen LogP) is 5.55. The van der Waals surface area contributed by atoms with Crippen molar-refractivity contribution in [2.24, 2.45) is 11.8 Å². The Morgan fingerprint density at radius 2 is 1.87 bits per heavy atom. The number of nitrogens with zero attached hydrogens (tertiary/aromatic N) is 1. The number of Topliss-reactive ketones (excluding diaryl/α,β-unsaturated/α-hetero) is 1. The van der Waals surface area contributed by atoms with E-state index in [1.54, 1.807) is 13.2 Å². The van der Waals surface area contributed by atoms with Crippen molar-refractivity contribution < 1.29 is 22.7 Å². The Kier molecular flexibility index (Phi) is 5.51. The van der Waals surface area contributed by atoms with Crippen LogP contribution in [0.1, 0.15) is 46.8 Å². The molecule has 1 unspecified atom stereocenters. The molecule has 4 rings (SSSR count). The first-order valence-corrected chi connectivity index (χ1v) is 10.4. The smallest absolute Gasteiger partial charge is 0.416 e. The lowest BCUT2D eigenvalue weighted by Crippen LogP contribution is -2.33. The van der Waals surface area contributed by atoms with Gasteiger partial charge in [0.05, 0.1) is 18.4 Å². The first-order valence-electron chi connectivity index (χ1n) is 10.4. The number of halogens is 3. The monoisotopic (exact) mass is 417 g/mol. The van der Waals surface area contributed by atoms with Gasteiger partial charge in [-0.3, -0.25) is 4.79 Å². The predicted molar refractivity (Wildman–Crippen MR) is 110 cm³/mol. The number of fused-ring (bicyclic) bond motifs is 1. The molecule has 0 saturated carbocycles. The van der Waals surface area contributed by atoms with E-state index in [1.165, 1.54) is 6.07 Å². The minimum absolute atomic E-state index is 0.0143. The largest absolute Gasteiger partial charge is 0.495 e. The molecule has 2 aromatic carbocycles. The van der Waals surface area contributed by atoms with Crippen molar-refractivity contribution >= 4 is 11.5 Å². The van der Waals surface area contributed by atoms with Crippen LogP contribution in [0.15, 0.2) is 36.4 Å². The zero-order chi connectivity index (χ0) is 21.5. The maximum absolute atomic E-state index is 13.0. The summed E-state index contributed by atoms with van der Waals surface area (Å²) in [6.07, 6.45) is -1.29. The van der Waals surface area contributed by atoms with Crippen molar-refractivity contribution in [2.45, 2.75) is 38.8 Å². The maximum atomic E-state index is 13.0. The van der Waals surface area contributed by atoms with Crippen LogP contribution in [-0.4, -0.2) is 26.0 Å². The highest BCUT2D eigenvalue weighted by Crippen LogP contribution is 2.40. The number of carbonyl (C=O) groups excluding carboxylic acids is 1. The van der Waals surface area contributed by atoms with E-state index in [2.05, 4.69) is 11.8 Å². The van der Waals surface area contributed by atoms with Gasteiger partial charge in [0.25, 0.3) is 0 Å². The van der Waals surface area contributed by atoms with Crippen LogP contribution >= 0.6 is 0 Å². The lowest BCUT2D eigenvalue weighted by molar-refractivity contribution is -0.137. The zero-order valence-corrected chi connectivity index (χ0v) is 17.3. The number of alkyl halides is 3. The lowest BCUT2D eigenvalue weighted by atomic mass is 9.95. The summed E-state index contributed by atoms with van der Waals surface area (Å²) < 4.78 is 44.6. The SMILES string of the molecule is COc1cc2c(cc1N1CCC(C)CC1)CC(Cc1cccc(C(F)(F)F)c1)C2=O. The van der Waals surface area contributed by atoms with Crippen LogP contribution in [0.4, 0.5) is 18.9 Å². The normalized spacial score (nSPS) is 19.8. The van der Waals surface area contributed by atoms with Crippen molar-refractivity contribution in [2.75, 3.05) is 25.1 Å². The van der Waals surface area contributed by atoms with E-state index in [0.29, 0.717) is 35.6 Å². The molecule has 30 heavy (non-hydrogen) atoms. The second kappa shape index (κ2) is 7.97. The number of piperidine rings is 1. The number of anilines is 1. The summed E-state index contributed by atoms with van der Waals surface area (Å²) in [6, 6.07) is 9.14. The quantitative estimate of drug-likeness (QED) is 0.653. The highest BCUT2D eigenvalue weighted by molar-refractivity contribution is 6.03. The summed E-state index contributed by atoms with van der Waals surface area (Å²) in [5.41, 5.74) is 2.47. The Hall–Kier alpha value is -2.50. The molecule has 0 amide bonds. The molecular formula is C24H26F3NO2. The summed E-state index contributed by atoms with van der Waals surface area (Å²) in [6.45, 7) is 4.17. The molecule has 6 heteroatoms. The number of rotatable bonds is 4. The number of hydrogen-bond acceptors (Lipinski definition) is 3. The summed E-state index contributed by atoms with van der Waals surface area (Å²) in [4.78, 5) is 15.3. The molecule has 1 heterocycles. The van der Waals surface area contributed by atoms with Crippen molar-refractivity contribution in [1.82, 2.24) is 0 Å². The van der Waals surface area contributed by atoms with Gasteiger partial charge in [-0.25, -0.2) is 0 Å². The molecule has 1 atom stereocenters. The third-order valence-electron chi connectivity index (χ3n) is 6.37. The standard InChI is InChI=1S/C24H26F3NO2/c1-15-6-8-28(9-7-15)21-13-17-12-18(23(29)20(17)14-22(21)30-2)10-16-4-3-5-19(11-16)24(25,26)27/h3-5,11,13-15,18H,6-10,12H2,1-2H3. The third kappa shape index (κ3) is 4.05. The topological polar surface area (TPSA) is 29.5 Å². The maximum Gasteiger partial charge on any atom is 0.416 e. The van der Waals surface area contributed by atoms with Gasteiger partial charge in [-0.1, -0.05) is 25.1 Å². The van der Waals surface area contributed by atoms with Crippen LogP contribution in [-0.2, 0) is 19.0 Å². The number of benzene rings is 2. The van der Waals surface area contributed by atoms with Gasteiger partial charge in [-0.05, 0) is 60.9 Å². The average Bonchev–Trinajstić information content (AvgIpc) is 3.02. The van der Waals surface area contributed by atoms with Crippen LogP contribution in [0.3, 0.4) is 0 Å². The Bertz CT molecular complexity index is 946. The van der Waals surface area contributed by atoms with Gasteiger partial charge in [-0.15, -0.1) is 0 Å². The number of ether oxygens (including phenoxy) is 1. The lowest BCUT2D eigenvalue weighted by Gasteiger charge is -2.33. The molecule has 2 aromatic rings. The van der Waals surface area contributed by atoms with E-state index in [9.17, 15) is 18.0 Å². The molecule has 3 nitrogen and oxygen atoms in total. The minimum Gasteiger partial charge on any atom is -0.495 e. The van der Waals surface area contributed by atoms with Gasteiger partial charge in [0, 0.05) is 24.6 Å². The van der Waals surface area contributed by atoms with Gasteiger partial charge in [-0.2, -0.15) is 13.2 Å². The third-order valence-corrected chi connectivity index (χ3v) is 6.37. The second-order valence-electron chi connectivity index (χ2n) is 8.52. The van der Waals surface area contributed by atoms with Gasteiger partial charge < -0.3 is 9.64 Å². The molecule has 1 saturated heterocycles. The van der Waals surface area contributed by atoms with E-state index in [1.807, 2.05) is 12.1 Å². The van der Waals surface area contributed by atoms with E-state index in [-0.39, 0.29) is 11.7 Å². The summed E-state index contributed by atoms with van der Waals surface area (Å²) in [5, 5.41) is 0. The fraction of sp³-hybridized carbons (Fsp3) is 0.458. The van der Waals surface area contributed by atoms with Crippen LogP contribution in [0.5, 0.6) is 5.75 Å². The first-order chi connectivity index (χ1) is 14.3. The highest BCUT2D eigenvalue weighted by Gasteiger charge is 2.34. The zero-order valence-electron chi connectivity index (χ0n) is 17.3. The Morgan fingerprint density at radius 1 is 1.13 bits per heavy atom. The van der Waals surface area contributed by atoms with Crippen molar-refractivity contribution in [3.8, 4) is 5.75 Å². The Balaban J connectivity index is 1.57. The number of carbonyl (C=O) groups is 1. The Morgan fingerprint density at radius 3 is 2.53 bits per heavy atom. The van der Waals surface area contributed by atoms with Crippen LogP contribution in [0.25, 0.3) is 0 Å². The molecule has 160 valence electrons. The number of methoxy groups -OCH3 is 1. The van der Waals surface area contributed by atoms with Crippen LogP contribution in [0.2, 0.25) is 0 Å². The molecule has 2 aliphatic rings. The molecule has 1 fully saturated rings. The van der Waals surface area contributed by atoms with Gasteiger partial charge in [0.15, 0.2) is 5.78 Å². The molecular weight excluding hydrogens is 391 g/mol. The highest BCUT2D eigenvalue weighted by atomic mass is 19.4. The molecule has 1 aliphatic carbocycles. The average molecular weight is 417 g/mol. The fourth-order valence-corrected chi connectivity index (χ4v) is 4.57. The molecule has 0 bridgehead atoms. The molecule has 0 spiro atoms. The van der Waals surface area contributed by atoms with Crippen molar-refractivity contribution in [3.63, 3.8) is 0 Å². The summed E-state index contributed by atoms with van der Waals surface area (Å²) in [5.74, 6) is 1.04. The van der Waals surface area contributed by atoms with E-state index in [4.69, 9.17) is 4.74 Å². The van der Waals surface area contributed by atoms with Gasteiger partial charge in [0.1, 0.15) is 5.75 Å². The number of hydrogen-bond donors (Lipinski definition) is 0. The summed E-state index contributed by atoms with van der Waals surface area (Å²) >= 11 is 0. The first kappa shape index (κ1) is 20.8. The van der Waals surface area contributed by atoms with E-state index in [0.717, 1.165) is 49.3 Å². The van der Waals surface area contributed by atoms with Crippen molar-refractivity contribution in [3.05, 3.63) is 58.7 Å². The summed E-state index contributed by atoms with van der Waals surface area (Å²) in [7, 11) is 1.61. The molecule has 0 radical (unpaired) electrons. The molecule has 0 N–H and O–H groups in total. The minimum atomic E-state index is -4.38. The van der Waals surface area contributed by atoms with Gasteiger partial charge in [0.2, 0.25) is 0 Å². The van der Waals surface area contributed by atoms with Gasteiger partial charge >= 0.3 is 6.18 Å². The fourth-order valence-electron chi connectivity index (χ4n) is 4.57. The molecule has 0 aromatic heterocycles. The van der Waals surface area contributed by atoms with Crippen molar-refractivity contribution in [1.29, 1.82) is 0 Å². The van der Waals surface area contributed by atoms with E-state index >= 15 is 0 Å². The van der Waals surface area contributed by atoms with Crippen LogP contribution < -0.4 is 9.64 Å². The second-order valence-corrected chi connectivity index (χ2v) is 8.52. The van der Waals surface area contributed by atoms with E-state index < -0.39 is 11.7 Å². The Labute approximate surface area is 174 Å².